The number of anilines is 1. The number of hydrogen-bond donors (Lipinski definition) is 1. The lowest BCUT2D eigenvalue weighted by atomic mass is 9.80. The average molecular weight is 441 g/mol. The lowest BCUT2D eigenvalue weighted by molar-refractivity contribution is 0.105. The fourth-order valence-corrected chi connectivity index (χ4v) is 5.48. The number of hydrogen-bond acceptors (Lipinski definition) is 2. The fraction of sp³-hybridized carbons (Fsp3) is 0.419. The summed E-state index contributed by atoms with van der Waals surface area (Å²) in [7, 11) is 0. The Morgan fingerprint density at radius 2 is 1.58 bits per heavy atom. The van der Waals surface area contributed by atoms with Gasteiger partial charge in [-0.1, -0.05) is 74.5 Å². The van der Waals surface area contributed by atoms with Crippen LogP contribution in [0.5, 0.6) is 0 Å². The lowest BCUT2D eigenvalue weighted by Crippen LogP contribution is -2.43. The molecule has 1 aliphatic carbocycles. The normalized spacial score (nSPS) is 23.5. The van der Waals surface area contributed by atoms with Crippen molar-refractivity contribution in [2.45, 2.75) is 64.3 Å². The van der Waals surface area contributed by atoms with Crippen molar-refractivity contribution in [3.63, 3.8) is 0 Å². The molecule has 2 N–H and O–H groups in total. The van der Waals surface area contributed by atoms with Crippen LogP contribution in [0.15, 0.2) is 73.3 Å². The van der Waals surface area contributed by atoms with E-state index in [-0.39, 0.29) is 0 Å². The third-order valence-corrected chi connectivity index (χ3v) is 7.80. The predicted octanol–water partition coefficient (Wildman–Crippen LogP) is 7.70. The molecule has 1 unspecified atom stereocenters. The number of nitrogens with two attached hydrogens (primary N) is 1. The molecule has 1 saturated carbocycles. The van der Waals surface area contributed by atoms with E-state index in [2.05, 4.69) is 61.7 Å². The molecule has 0 bridgehead atoms. The third kappa shape index (κ3) is 6.06. The highest BCUT2D eigenvalue weighted by Crippen LogP contribution is 2.36. The molecule has 2 fully saturated rings. The molecule has 0 aromatic heterocycles. The van der Waals surface area contributed by atoms with Gasteiger partial charge in [0, 0.05) is 11.7 Å². The molecule has 1 aliphatic heterocycles. The SMILES string of the molecule is C=C/C(=C\C=C(/C)c1ccc(C2CCC[C@@H](N3CCC(C)CC3)C2)cc1)c1ccc(N)cc1. The minimum Gasteiger partial charge on any atom is -0.399 e. The Morgan fingerprint density at radius 1 is 0.909 bits per heavy atom. The van der Waals surface area contributed by atoms with Crippen LogP contribution in [0, 0.1) is 5.92 Å². The minimum atomic E-state index is 0.708. The van der Waals surface area contributed by atoms with E-state index < -0.39 is 0 Å². The Bertz CT molecular complexity index is 973. The van der Waals surface area contributed by atoms with Gasteiger partial charge in [0.25, 0.3) is 0 Å². The molecule has 0 radical (unpaired) electrons. The number of benzene rings is 2. The van der Waals surface area contributed by atoms with Gasteiger partial charge in [0.2, 0.25) is 0 Å². The Balaban J connectivity index is 1.41. The van der Waals surface area contributed by atoms with Crippen LogP contribution in [-0.2, 0) is 0 Å². The summed E-state index contributed by atoms with van der Waals surface area (Å²) in [6, 6.07) is 18.1. The highest BCUT2D eigenvalue weighted by Gasteiger charge is 2.29. The number of piperidine rings is 1. The van der Waals surface area contributed by atoms with Gasteiger partial charge in [0.05, 0.1) is 0 Å². The van der Waals surface area contributed by atoms with E-state index in [0.29, 0.717) is 5.92 Å². The summed E-state index contributed by atoms with van der Waals surface area (Å²) in [5, 5.41) is 0. The molecule has 2 heteroatoms. The Morgan fingerprint density at radius 3 is 2.24 bits per heavy atom. The number of nitrogens with zero attached hydrogens (tertiary/aromatic N) is 1. The largest absolute Gasteiger partial charge is 0.399 e. The molecule has 1 heterocycles. The summed E-state index contributed by atoms with van der Waals surface area (Å²) in [5.74, 6) is 1.62. The second-order valence-electron chi connectivity index (χ2n) is 10.2. The Kier molecular flexibility index (Phi) is 7.88. The molecule has 1 saturated heterocycles. The van der Waals surface area contributed by atoms with Crippen LogP contribution in [0.25, 0.3) is 11.1 Å². The Labute approximate surface area is 200 Å². The predicted molar refractivity (Wildman–Crippen MR) is 144 cm³/mol. The van der Waals surface area contributed by atoms with E-state index in [0.717, 1.165) is 28.8 Å². The summed E-state index contributed by atoms with van der Waals surface area (Å²) < 4.78 is 0. The van der Waals surface area contributed by atoms with E-state index in [1.54, 1.807) is 0 Å². The van der Waals surface area contributed by atoms with E-state index in [1.165, 1.54) is 68.3 Å². The zero-order chi connectivity index (χ0) is 23.2. The summed E-state index contributed by atoms with van der Waals surface area (Å²) in [4.78, 5) is 2.79. The van der Waals surface area contributed by atoms with Gasteiger partial charge in [-0.2, -0.15) is 0 Å². The summed E-state index contributed by atoms with van der Waals surface area (Å²) in [6.45, 7) is 11.2. The van der Waals surface area contributed by atoms with Gasteiger partial charge in [-0.15, -0.1) is 0 Å². The molecule has 2 nitrogen and oxygen atoms in total. The van der Waals surface area contributed by atoms with Gasteiger partial charge in [-0.05, 0) is 104 Å². The van der Waals surface area contributed by atoms with Gasteiger partial charge in [-0.3, -0.25) is 0 Å². The maximum Gasteiger partial charge on any atom is 0.0314 e. The van der Waals surface area contributed by atoms with Crippen molar-refractivity contribution >= 4 is 16.8 Å². The number of rotatable bonds is 6. The molecule has 33 heavy (non-hydrogen) atoms. The van der Waals surface area contributed by atoms with Crippen molar-refractivity contribution in [1.29, 1.82) is 0 Å². The van der Waals surface area contributed by atoms with Gasteiger partial charge >= 0.3 is 0 Å². The molecule has 2 atom stereocenters. The second kappa shape index (κ2) is 11.0. The highest BCUT2D eigenvalue weighted by molar-refractivity contribution is 5.78. The molecular formula is C31H40N2. The van der Waals surface area contributed by atoms with E-state index in [9.17, 15) is 0 Å². The van der Waals surface area contributed by atoms with E-state index in [4.69, 9.17) is 5.73 Å². The van der Waals surface area contributed by atoms with Crippen LogP contribution in [0.2, 0.25) is 0 Å². The van der Waals surface area contributed by atoms with Gasteiger partial charge in [0.15, 0.2) is 0 Å². The monoisotopic (exact) mass is 440 g/mol. The van der Waals surface area contributed by atoms with Crippen LogP contribution in [0.3, 0.4) is 0 Å². The zero-order valence-corrected chi connectivity index (χ0v) is 20.5. The molecule has 0 amide bonds. The quantitative estimate of drug-likeness (QED) is 0.368. The van der Waals surface area contributed by atoms with Gasteiger partial charge < -0.3 is 10.6 Å². The number of allylic oxidation sites excluding steroid dienone is 5. The first-order valence-corrected chi connectivity index (χ1v) is 12.7. The summed E-state index contributed by atoms with van der Waals surface area (Å²) in [5.41, 5.74) is 12.9. The highest BCUT2D eigenvalue weighted by atomic mass is 15.2. The smallest absolute Gasteiger partial charge is 0.0314 e. The van der Waals surface area contributed by atoms with Gasteiger partial charge in [-0.25, -0.2) is 0 Å². The van der Waals surface area contributed by atoms with Crippen LogP contribution in [-0.4, -0.2) is 24.0 Å². The summed E-state index contributed by atoms with van der Waals surface area (Å²) in [6.07, 6.45) is 14.4. The van der Waals surface area contributed by atoms with Crippen LogP contribution < -0.4 is 5.73 Å². The molecule has 2 aliphatic rings. The van der Waals surface area contributed by atoms with Crippen molar-refractivity contribution in [3.05, 3.63) is 90.0 Å². The van der Waals surface area contributed by atoms with Crippen molar-refractivity contribution in [2.24, 2.45) is 5.92 Å². The zero-order valence-electron chi connectivity index (χ0n) is 20.5. The first-order valence-electron chi connectivity index (χ1n) is 12.7. The lowest BCUT2D eigenvalue weighted by Gasteiger charge is -2.41. The molecule has 2 aromatic carbocycles. The molecule has 4 rings (SSSR count). The number of nitrogen functional groups attached to an aromatic ring is 1. The van der Waals surface area contributed by atoms with Crippen molar-refractivity contribution in [2.75, 3.05) is 18.8 Å². The van der Waals surface area contributed by atoms with Crippen LogP contribution in [0.1, 0.15) is 75.0 Å². The van der Waals surface area contributed by atoms with Crippen molar-refractivity contribution < 1.29 is 0 Å². The molecule has 2 aromatic rings. The minimum absolute atomic E-state index is 0.708. The first-order chi connectivity index (χ1) is 16.0. The molecule has 174 valence electrons. The topological polar surface area (TPSA) is 29.3 Å². The van der Waals surface area contributed by atoms with E-state index >= 15 is 0 Å². The van der Waals surface area contributed by atoms with Crippen LogP contribution in [0.4, 0.5) is 5.69 Å². The summed E-state index contributed by atoms with van der Waals surface area (Å²) >= 11 is 0. The second-order valence-corrected chi connectivity index (χ2v) is 10.2. The van der Waals surface area contributed by atoms with Crippen LogP contribution >= 0.6 is 0 Å². The Hall–Kier alpha value is -2.58. The fourth-order valence-electron chi connectivity index (χ4n) is 5.48. The first kappa shape index (κ1) is 23.6. The molecule has 0 spiro atoms. The molecular weight excluding hydrogens is 400 g/mol. The maximum atomic E-state index is 5.82. The van der Waals surface area contributed by atoms with Crippen molar-refractivity contribution in [3.8, 4) is 0 Å². The van der Waals surface area contributed by atoms with Gasteiger partial charge in [0.1, 0.15) is 0 Å². The van der Waals surface area contributed by atoms with Crippen molar-refractivity contribution in [1.82, 2.24) is 4.90 Å². The number of likely N-dealkylation sites (tertiary alicyclic amines) is 1. The average Bonchev–Trinajstić information content (AvgIpc) is 2.86. The van der Waals surface area contributed by atoms with E-state index in [1.807, 2.05) is 30.3 Å². The third-order valence-electron chi connectivity index (χ3n) is 7.80. The standard InChI is InChI=1S/C31H40N2/c1-4-25(27-14-16-30(32)17-15-27)9-8-24(3)26-10-12-28(13-11-26)29-6-5-7-31(22-29)33-20-18-23(2)19-21-33/h4,8-17,23,29,31H,1,5-7,18-22,32H2,2-3H3/b24-8+,25-9+/t29?,31-/m1/s1. The maximum absolute atomic E-state index is 5.82.